The van der Waals surface area contributed by atoms with E-state index in [4.69, 9.17) is 9.26 Å². The Morgan fingerprint density at radius 3 is 2.82 bits per heavy atom. The van der Waals surface area contributed by atoms with E-state index in [2.05, 4.69) is 33.0 Å². The highest BCUT2D eigenvalue weighted by Gasteiger charge is 2.28. The van der Waals surface area contributed by atoms with Crippen molar-refractivity contribution in [3.8, 4) is 0 Å². The van der Waals surface area contributed by atoms with E-state index in [-0.39, 0.29) is 29.1 Å². The Kier molecular flexibility index (Phi) is 6.00. The first-order valence-electron chi connectivity index (χ1n) is 7.02. The normalized spacial score (nSPS) is 17.9. The van der Waals surface area contributed by atoms with Gasteiger partial charge in [-0.2, -0.15) is 0 Å². The monoisotopic (exact) mass is 432 g/mol. The maximum atomic E-state index is 12.3. The highest BCUT2D eigenvalue weighted by atomic mass is 79.9. The standard InChI is InChI=1S/C15H17BrN2O3.BrH/c1-18-8-6-10(7-9-18)20-15(19)13(16)14-11-4-2-3-5-12(11)21-17-14;/h2-5,10,13H,6-9H2,1H3;1H. The first-order chi connectivity index (χ1) is 10.1. The molecule has 22 heavy (non-hydrogen) atoms. The summed E-state index contributed by atoms with van der Waals surface area (Å²) in [6, 6.07) is 7.48. The van der Waals surface area contributed by atoms with Gasteiger partial charge in [-0.25, -0.2) is 0 Å². The van der Waals surface area contributed by atoms with Gasteiger partial charge in [-0.1, -0.05) is 33.2 Å². The van der Waals surface area contributed by atoms with Crippen molar-refractivity contribution in [2.24, 2.45) is 0 Å². The predicted octanol–water partition coefficient (Wildman–Crippen LogP) is 3.48. The summed E-state index contributed by atoms with van der Waals surface area (Å²) in [6.07, 6.45) is 1.75. The van der Waals surface area contributed by atoms with Crippen molar-refractivity contribution < 1.29 is 14.1 Å². The van der Waals surface area contributed by atoms with Gasteiger partial charge in [0.25, 0.3) is 0 Å². The molecule has 0 N–H and O–H groups in total. The van der Waals surface area contributed by atoms with Crippen LogP contribution >= 0.6 is 32.9 Å². The highest BCUT2D eigenvalue weighted by molar-refractivity contribution is 9.09. The topological polar surface area (TPSA) is 55.6 Å². The van der Waals surface area contributed by atoms with Gasteiger partial charge in [0, 0.05) is 18.5 Å². The van der Waals surface area contributed by atoms with E-state index in [1.807, 2.05) is 24.3 Å². The molecule has 0 aliphatic carbocycles. The van der Waals surface area contributed by atoms with Crippen molar-refractivity contribution in [1.29, 1.82) is 0 Å². The fraction of sp³-hybridized carbons (Fsp3) is 0.467. The molecule has 1 aromatic carbocycles. The largest absolute Gasteiger partial charge is 0.461 e. The number of nitrogens with zero attached hydrogens (tertiary/aromatic N) is 2. The third kappa shape index (κ3) is 3.70. The van der Waals surface area contributed by atoms with Gasteiger partial charge in [-0.05, 0) is 32.0 Å². The van der Waals surface area contributed by atoms with Crippen molar-refractivity contribution in [3.63, 3.8) is 0 Å². The number of piperidine rings is 1. The van der Waals surface area contributed by atoms with Gasteiger partial charge in [-0.3, -0.25) is 4.79 Å². The lowest BCUT2D eigenvalue weighted by molar-refractivity contribution is -0.150. The first-order valence-corrected chi connectivity index (χ1v) is 7.94. The van der Waals surface area contributed by atoms with Gasteiger partial charge in [0.05, 0.1) is 0 Å². The summed E-state index contributed by atoms with van der Waals surface area (Å²) in [5.74, 6) is -0.302. The Morgan fingerprint density at radius 1 is 1.41 bits per heavy atom. The number of fused-ring (bicyclic) bond motifs is 1. The quantitative estimate of drug-likeness (QED) is 0.547. The lowest BCUT2D eigenvalue weighted by atomic mass is 10.1. The minimum atomic E-state index is -0.596. The highest BCUT2D eigenvalue weighted by Crippen LogP contribution is 2.31. The lowest BCUT2D eigenvalue weighted by Gasteiger charge is -2.29. The number of hydrogen-bond donors (Lipinski definition) is 0. The average molecular weight is 434 g/mol. The van der Waals surface area contributed by atoms with Crippen LogP contribution in [0.2, 0.25) is 0 Å². The SMILES string of the molecule is Br.CN1CCC(OC(=O)C(Br)c2noc3ccccc23)CC1. The molecule has 1 atom stereocenters. The van der Waals surface area contributed by atoms with Crippen LogP contribution in [0.4, 0.5) is 0 Å². The number of carbonyl (C=O) groups excluding carboxylic acids is 1. The van der Waals surface area contributed by atoms with Gasteiger partial charge >= 0.3 is 5.97 Å². The second kappa shape index (κ2) is 7.57. The number of para-hydroxylation sites is 1. The van der Waals surface area contributed by atoms with Crippen molar-refractivity contribution in [3.05, 3.63) is 30.0 Å². The number of rotatable bonds is 3. The van der Waals surface area contributed by atoms with Crippen LogP contribution in [0.1, 0.15) is 23.4 Å². The number of benzene rings is 1. The molecule has 0 amide bonds. The van der Waals surface area contributed by atoms with Gasteiger partial charge in [-0.15, -0.1) is 17.0 Å². The van der Waals surface area contributed by atoms with Crippen molar-refractivity contribution in [1.82, 2.24) is 10.1 Å². The second-order valence-corrected chi connectivity index (χ2v) is 6.28. The van der Waals surface area contributed by atoms with Gasteiger partial charge in [0.2, 0.25) is 0 Å². The number of aromatic nitrogens is 1. The zero-order valence-corrected chi connectivity index (χ0v) is 15.5. The van der Waals surface area contributed by atoms with Crippen molar-refractivity contribution >= 4 is 49.8 Å². The maximum Gasteiger partial charge on any atom is 0.326 e. The minimum Gasteiger partial charge on any atom is -0.461 e. The predicted molar refractivity (Wildman–Crippen MR) is 92.6 cm³/mol. The Morgan fingerprint density at radius 2 is 2.09 bits per heavy atom. The van der Waals surface area contributed by atoms with Crippen LogP contribution in [0, 0.1) is 0 Å². The van der Waals surface area contributed by atoms with E-state index in [9.17, 15) is 4.79 Å². The molecule has 2 aromatic rings. The number of esters is 1. The van der Waals surface area contributed by atoms with Crippen LogP contribution in [0.25, 0.3) is 11.0 Å². The van der Waals surface area contributed by atoms with Crippen LogP contribution in [-0.2, 0) is 9.53 Å². The zero-order chi connectivity index (χ0) is 14.8. The Labute approximate surface area is 147 Å². The number of hydrogen-bond acceptors (Lipinski definition) is 5. The molecule has 5 nitrogen and oxygen atoms in total. The van der Waals surface area contributed by atoms with Gasteiger partial charge in [0.1, 0.15) is 11.8 Å². The second-order valence-electron chi connectivity index (χ2n) is 5.37. The van der Waals surface area contributed by atoms with E-state index < -0.39 is 4.83 Å². The third-order valence-corrected chi connectivity index (χ3v) is 4.61. The molecular weight excluding hydrogens is 416 g/mol. The lowest BCUT2D eigenvalue weighted by Crippen LogP contribution is -2.35. The summed E-state index contributed by atoms with van der Waals surface area (Å²) in [4.78, 5) is 13.9. The van der Waals surface area contributed by atoms with E-state index in [1.54, 1.807) is 0 Å². The molecule has 0 radical (unpaired) electrons. The zero-order valence-electron chi connectivity index (χ0n) is 12.2. The summed E-state index contributed by atoms with van der Waals surface area (Å²) >= 11 is 3.38. The smallest absolute Gasteiger partial charge is 0.326 e. The van der Waals surface area contributed by atoms with Crippen LogP contribution in [0.15, 0.2) is 28.8 Å². The number of ether oxygens (including phenoxy) is 1. The van der Waals surface area contributed by atoms with Crippen molar-refractivity contribution in [2.75, 3.05) is 20.1 Å². The van der Waals surface area contributed by atoms with Gasteiger partial charge < -0.3 is 14.2 Å². The molecule has 1 aliphatic heterocycles. The number of alkyl halides is 1. The Bertz CT molecular complexity index is 639. The van der Waals surface area contributed by atoms with E-state index in [1.165, 1.54) is 0 Å². The molecule has 1 fully saturated rings. The molecule has 0 spiro atoms. The van der Waals surface area contributed by atoms with Gasteiger partial charge in [0.15, 0.2) is 10.4 Å². The fourth-order valence-electron chi connectivity index (χ4n) is 2.53. The van der Waals surface area contributed by atoms with E-state index in [0.717, 1.165) is 31.3 Å². The molecule has 3 rings (SSSR count). The van der Waals surface area contributed by atoms with Crippen LogP contribution in [0.3, 0.4) is 0 Å². The molecule has 2 heterocycles. The average Bonchev–Trinajstić information content (AvgIpc) is 2.92. The summed E-state index contributed by atoms with van der Waals surface area (Å²) in [7, 11) is 2.08. The molecule has 1 aromatic heterocycles. The molecule has 1 saturated heterocycles. The van der Waals surface area contributed by atoms with E-state index >= 15 is 0 Å². The molecule has 1 unspecified atom stereocenters. The van der Waals surface area contributed by atoms with Crippen molar-refractivity contribution in [2.45, 2.75) is 23.8 Å². The Balaban J connectivity index is 0.00000176. The first kappa shape index (κ1) is 17.4. The fourth-order valence-corrected chi connectivity index (χ4v) is 2.96. The number of halogens is 2. The van der Waals surface area contributed by atoms with Crippen LogP contribution < -0.4 is 0 Å². The molecular formula is C15H18Br2N2O3. The maximum absolute atomic E-state index is 12.3. The third-order valence-electron chi connectivity index (χ3n) is 3.80. The molecule has 1 aliphatic rings. The number of carbonyl (C=O) groups is 1. The number of likely N-dealkylation sites (tertiary alicyclic amines) is 1. The summed E-state index contributed by atoms with van der Waals surface area (Å²) < 4.78 is 10.8. The molecule has 7 heteroatoms. The summed E-state index contributed by atoms with van der Waals surface area (Å²) in [5.41, 5.74) is 1.24. The summed E-state index contributed by atoms with van der Waals surface area (Å²) in [5, 5.41) is 4.82. The molecule has 0 saturated carbocycles. The minimum absolute atomic E-state index is 0. The molecule has 120 valence electrons. The van der Waals surface area contributed by atoms with E-state index in [0.29, 0.717) is 11.3 Å². The Hall–Kier alpha value is -0.920. The van der Waals surface area contributed by atoms with Crippen LogP contribution in [0.5, 0.6) is 0 Å². The molecule has 0 bridgehead atoms. The van der Waals surface area contributed by atoms with Crippen LogP contribution in [-0.4, -0.2) is 42.3 Å². The summed E-state index contributed by atoms with van der Waals surface area (Å²) in [6.45, 7) is 1.91.